The Labute approximate surface area is 119 Å². The van der Waals surface area contributed by atoms with E-state index in [1.54, 1.807) is 0 Å². The van der Waals surface area contributed by atoms with Gasteiger partial charge in [-0.05, 0) is 12.1 Å². The fourth-order valence-electron chi connectivity index (χ4n) is 2.30. The molecule has 3 rings (SSSR count). The predicted molar refractivity (Wildman–Crippen MR) is 64.6 cm³/mol. The molecule has 22 heavy (non-hydrogen) atoms. The maximum Gasteiger partial charge on any atom is 0.204 e. The number of carbonyl (C=O) groups is 2. The van der Waals surface area contributed by atoms with Crippen LogP contribution in [0, 0.1) is 17.5 Å². The first-order valence-corrected chi connectivity index (χ1v) is 5.80. The van der Waals surface area contributed by atoms with Crippen molar-refractivity contribution in [2.75, 3.05) is 0 Å². The fourth-order valence-corrected chi connectivity index (χ4v) is 2.30. The van der Waals surface area contributed by atoms with Gasteiger partial charge in [-0.3, -0.25) is 9.59 Å². The van der Waals surface area contributed by atoms with Gasteiger partial charge in [-0.1, -0.05) is 0 Å². The predicted octanol–water partition coefficient (Wildman–Crippen LogP) is 2.00. The average molecular weight is 310 g/mol. The Balaban J connectivity index is 2.44. The van der Waals surface area contributed by atoms with Gasteiger partial charge in [0.05, 0.1) is 11.1 Å². The average Bonchev–Trinajstić information content (AvgIpc) is 2.48. The van der Waals surface area contributed by atoms with E-state index in [0.717, 1.165) is 0 Å². The summed E-state index contributed by atoms with van der Waals surface area (Å²) in [4.78, 5) is 24.3. The number of phenolic OH excluding ortho intramolecular Hbond substituents is 3. The molecule has 0 spiro atoms. The lowest BCUT2D eigenvalue weighted by atomic mass is 9.83. The van der Waals surface area contributed by atoms with Crippen molar-refractivity contribution in [1.29, 1.82) is 0 Å². The molecule has 0 aliphatic heterocycles. The summed E-state index contributed by atoms with van der Waals surface area (Å²) in [6.07, 6.45) is 0. The van der Waals surface area contributed by atoms with Crippen LogP contribution in [-0.4, -0.2) is 26.9 Å². The molecule has 8 heteroatoms. The summed E-state index contributed by atoms with van der Waals surface area (Å²) >= 11 is 0. The molecule has 5 nitrogen and oxygen atoms in total. The molecular weight excluding hydrogens is 305 g/mol. The summed E-state index contributed by atoms with van der Waals surface area (Å²) in [5, 5.41) is 27.9. The van der Waals surface area contributed by atoms with Crippen LogP contribution in [0.4, 0.5) is 13.2 Å². The second kappa shape index (κ2) is 4.23. The number of hydrogen-bond acceptors (Lipinski definition) is 5. The van der Waals surface area contributed by atoms with Gasteiger partial charge in [-0.2, -0.15) is 4.39 Å². The Morgan fingerprint density at radius 2 is 1.09 bits per heavy atom. The molecule has 0 aromatic heterocycles. The summed E-state index contributed by atoms with van der Waals surface area (Å²) in [7, 11) is 0. The van der Waals surface area contributed by atoms with Crippen molar-refractivity contribution in [2.24, 2.45) is 0 Å². The van der Waals surface area contributed by atoms with Gasteiger partial charge < -0.3 is 15.3 Å². The normalized spacial score (nSPS) is 13.0. The molecule has 1 aliphatic rings. The highest BCUT2D eigenvalue weighted by atomic mass is 19.2. The zero-order valence-corrected chi connectivity index (χ0v) is 10.4. The zero-order chi connectivity index (χ0) is 16.3. The maximum atomic E-state index is 13.9. The van der Waals surface area contributed by atoms with Crippen molar-refractivity contribution in [3.05, 3.63) is 51.8 Å². The molecule has 0 radical (unpaired) electrons. The van der Waals surface area contributed by atoms with Gasteiger partial charge in [0.2, 0.25) is 5.82 Å². The number of carbonyl (C=O) groups excluding carboxylic acids is 2. The standard InChI is InChI=1S/C14H5F3O5/c15-9-7-8(10(16)14(22)11(9)17)13(21)4-2-6(19)5(18)1-3(4)12(7)20/h1-2,18-19,22H. The number of rotatable bonds is 0. The molecular formula is C14H5F3O5. The summed E-state index contributed by atoms with van der Waals surface area (Å²) < 4.78 is 41.1. The second-order valence-electron chi connectivity index (χ2n) is 4.59. The number of fused-ring (bicyclic) bond motifs is 2. The van der Waals surface area contributed by atoms with Crippen molar-refractivity contribution in [1.82, 2.24) is 0 Å². The van der Waals surface area contributed by atoms with E-state index in [-0.39, 0.29) is 0 Å². The van der Waals surface area contributed by atoms with E-state index in [9.17, 15) is 33.0 Å². The van der Waals surface area contributed by atoms with Crippen molar-refractivity contribution >= 4 is 11.6 Å². The third-order valence-corrected chi connectivity index (χ3v) is 3.36. The van der Waals surface area contributed by atoms with Gasteiger partial charge in [0.1, 0.15) is 0 Å². The molecule has 0 atom stereocenters. The quantitative estimate of drug-likeness (QED) is 0.436. The Hall–Kier alpha value is -3.03. The van der Waals surface area contributed by atoms with Crippen LogP contribution in [0.5, 0.6) is 17.2 Å². The van der Waals surface area contributed by atoms with Crippen LogP contribution in [0.3, 0.4) is 0 Å². The summed E-state index contributed by atoms with van der Waals surface area (Å²) in [5.74, 6) is -11.4. The Morgan fingerprint density at radius 3 is 1.55 bits per heavy atom. The SMILES string of the molecule is O=C1c2cc(O)c(O)cc2C(=O)c2c(F)c(F)c(O)c(F)c21. The number of hydrogen-bond donors (Lipinski definition) is 3. The third kappa shape index (κ3) is 1.54. The molecule has 1 aliphatic carbocycles. The third-order valence-electron chi connectivity index (χ3n) is 3.36. The summed E-state index contributed by atoms with van der Waals surface area (Å²) in [5.41, 5.74) is -3.32. The minimum absolute atomic E-state index is 0.503. The van der Waals surface area contributed by atoms with Crippen molar-refractivity contribution < 1.29 is 38.1 Å². The lowest BCUT2D eigenvalue weighted by molar-refractivity contribution is 0.0969. The highest BCUT2D eigenvalue weighted by Gasteiger charge is 2.39. The van der Waals surface area contributed by atoms with Crippen LogP contribution in [0.1, 0.15) is 31.8 Å². The Bertz CT molecular complexity index is 817. The lowest BCUT2D eigenvalue weighted by Crippen LogP contribution is -2.24. The van der Waals surface area contributed by atoms with Crippen LogP contribution in [-0.2, 0) is 0 Å². The van der Waals surface area contributed by atoms with Crippen LogP contribution >= 0.6 is 0 Å². The van der Waals surface area contributed by atoms with Gasteiger partial charge in [0.15, 0.2) is 40.4 Å². The number of halogens is 3. The van der Waals surface area contributed by atoms with E-state index < -0.39 is 68.5 Å². The van der Waals surface area contributed by atoms with E-state index in [1.807, 2.05) is 0 Å². The monoisotopic (exact) mass is 310 g/mol. The first kappa shape index (κ1) is 13.9. The zero-order valence-electron chi connectivity index (χ0n) is 10.4. The highest BCUT2D eigenvalue weighted by Crippen LogP contribution is 2.39. The first-order valence-electron chi connectivity index (χ1n) is 5.80. The highest BCUT2D eigenvalue weighted by molar-refractivity contribution is 6.29. The van der Waals surface area contributed by atoms with E-state index in [2.05, 4.69) is 0 Å². The lowest BCUT2D eigenvalue weighted by Gasteiger charge is -2.19. The van der Waals surface area contributed by atoms with Gasteiger partial charge >= 0.3 is 0 Å². The number of ketones is 2. The minimum Gasteiger partial charge on any atom is -0.504 e. The van der Waals surface area contributed by atoms with E-state index >= 15 is 0 Å². The molecule has 2 aromatic rings. The summed E-state index contributed by atoms with van der Waals surface area (Å²) in [6.45, 7) is 0. The van der Waals surface area contributed by atoms with E-state index in [0.29, 0.717) is 12.1 Å². The molecule has 0 unspecified atom stereocenters. The molecule has 112 valence electrons. The molecule has 0 bridgehead atoms. The molecule has 0 saturated heterocycles. The number of aromatic hydroxyl groups is 3. The molecule has 0 saturated carbocycles. The topological polar surface area (TPSA) is 94.8 Å². The van der Waals surface area contributed by atoms with Gasteiger partial charge in [-0.15, -0.1) is 0 Å². The fraction of sp³-hybridized carbons (Fsp3) is 0. The van der Waals surface area contributed by atoms with Crippen molar-refractivity contribution in [2.45, 2.75) is 0 Å². The number of benzene rings is 2. The Morgan fingerprint density at radius 1 is 0.682 bits per heavy atom. The van der Waals surface area contributed by atoms with Crippen molar-refractivity contribution in [3.8, 4) is 17.2 Å². The van der Waals surface area contributed by atoms with Crippen molar-refractivity contribution in [3.63, 3.8) is 0 Å². The van der Waals surface area contributed by atoms with Crippen LogP contribution < -0.4 is 0 Å². The molecule has 3 N–H and O–H groups in total. The van der Waals surface area contributed by atoms with Crippen LogP contribution in [0.2, 0.25) is 0 Å². The Kier molecular flexibility index (Phi) is 2.68. The number of phenols is 3. The van der Waals surface area contributed by atoms with Gasteiger partial charge in [0, 0.05) is 11.1 Å². The second-order valence-corrected chi connectivity index (χ2v) is 4.59. The summed E-state index contributed by atoms with van der Waals surface area (Å²) in [6, 6.07) is 1.39. The molecule has 0 amide bonds. The van der Waals surface area contributed by atoms with Gasteiger partial charge in [-0.25, -0.2) is 8.78 Å². The minimum atomic E-state index is -2.00. The van der Waals surface area contributed by atoms with E-state index in [1.165, 1.54) is 0 Å². The smallest absolute Gasteiger partial charge is 0.204 e. The first-order chi connectivity index (χ1) is 10.3. The maximum absolute atomic E-state index is 13.9. The van der Waals surface area contributed by atoms with Crippen LogP contribution in [0.25, 0.3) is 0 Å². The van der Waals surface area contributed by atoms with Crippen LogP contribution in [0.15, 0.2) is 12.1 Å². The van der Waals surface area contributed by atoms with E-state index in [4.69, 9.17) is 5.11 Å². The van der Waals surface area contributed by atoms with Gasteiger partial charge in [0.25, 0.3) is 0 Å². The molecule has 0 fully saturated rings. The molecule has 0 heterocycles. The largest absolute Gasteiger partial charge is 0.504 e. The molecule has 2 aromatic carbocycles.